The Kier molecular flexibility index (Phi) is 4.10. The molecular formula is C12H15F3N4O. The zero-order valence-electron chi connectivity index (χ0n) is 10.7. The quantitative estimate of drug-likeness (QED) is 0.871. The molecule has 1 amide bonds. The second-order valence-corrected chi connectivity index (χ2v) is 4.87. The van der Waals surface area contributed by atoms with Crippen LogP contribution >= 0.6 is 0 Å². The van der Waals surface area contributed by atoms with Gasteiger partial charge < -0.3 is 11.1 Å². The van der Waals surface area contributed by atoms with E-state index in [1.165, 1.54) is 12.4 Å². The van der Waals surface area contributed by atoms with E-state index in [-0.39, 0.29) is 24.4 Å². The normalized spacial score (nSPS) is 23.4. The second kappa shape index (κ2) is 5.64. The first kappa shape index (κ1) is 14.5. The predicted molar refractivity (Wildman–Crippen MR) is 65.7 cm³/mol. The fraction of sp³-hybridized carbons (Fsp3) is 0.583. The molecule has 0 spiro atoms. The number of anilines is 1. The highest BCUT2D eigenvalue weighted by Crippen LogP contribution is 2.37. The third-order valence-electron chi connectivity index (χ3n) is 3.41. The Balaban J connectivity index is 2.00. The maximum Gasteiger partial charge on any atom is 0.391 e. The first-order chi connectivity index (χ1) is 9.38. The molecule has 20 heavy (non-hydrogen) atoms. The minimum atomic E-state index is -4.21. The molecule has 1 aliphatic carbocycles. The van der Waals surface area contributed by atoms with Gasteiger partial charge in [0.1, 0.15) is 0 Å². The molecule has 1 aromatic heterocycles. The molecule has 5 nitrogen and oxygen atoms in total. The van der Waals surface area contributed by atoms with Crippen molar-refractivity contribution in [2.75, 3.05) is 5.73 Å². The number of carbonyl (C=O) groups is 1. The number of rotatable bonds is 2. The number of hydrogen-bond donors (Lipinski definition) is 2. The highest BCUT2D eigenvalue weighted by Gasteiger charge is 2.42. The molecule has 1 aliphatic rings. The van der Waals surface area contributed by atoms with Crippen molar-refractivity contribution in [3.8, 4) is 0 Å². The Hall–Kier alpha value is -1.86. The number of aromatic nitrogens is 2. The van der Waals surface area contributed by atoms with Gasteiger partial charge in [0.2, 0.25) is 0 Å². The highest BCUT2D eigenvalue weighted by atomic mass is 19.4. The summed E-state index contributed by atoms with van der Waals surface area (Å²) in [6.07, 6.45) is -0.589. The summed E-state index contributed by atoms with van der Waals surface area (Å²) >= 11 is 0. The van der Waals surface area contributed by atoms with E-state index in [2.05, 4.69) is 15.3 Å². The maximum absolute atomic E-state index is 12.7. The minimum Gasteiger partial charge on any atom is -0.382 e. The van der Waals surface area contributed by atoms with Crippen LogP contribution in [0.1, 0.15) is 36.2 Å². The van der Waals surface area contributed by atoms with Gasteiger partial charge in [-0.25, -0.2) is 9.97 Å². The third kappa shape index (κ3) is 3.37. The van der Waals surface area contributed by atoms with Crippen LogP contribution in [-0.2, 0) is 0 Å². The summed E-state index contributed by atoms with van der Waals surface area (Å²) in [6.45, 7) is 0. The third-order valence-corrected chi connectivity index (χ3v) is 3.41. The molecule has 0 unspecified atom stereocenters. The van der Waals surface area contributed by atoms with Crippen molar-refractivity contribution in [2.45, 2.75) is 37.9 Å². The molecule has 110 valence electrons. The summed E-state index contributed by atoms with van der Waals surface area (Å²) < 4.78 is 38.1. The van der Waals surface area contributed by atoms with E-state index in [4.69, 9.17) is 5.73 Å². The summed E-state index contributed by atoms with van der Waals surface area (Å²) in [5.74, 6) is -1.97. The number of carbonyl (C=O) groups excluding carboxylic acids is 1. The molecule has 8 heteroatoms. The van der Waals surface area contributed by atoms with E-state index in [1.807, 2.05) is 0 Å². The van der Waals surface area contributed by atoms with Crippen molar-refractivity contribution < 1.29 is 18.0 Å². The number of nitrogen functional groups attached to an aromatic ring is 1. The molecule has 1 aromatic rings. The van der Waals surface area contributed by atoms with Crippen LogP contribution in [0.15, 0.2) is 12.4 Å². The standard InChI is InChI=1S/C12H15F3N4O/c13-12(14,15)7-2-1-3-8(6-7)19-11(20)9-10(16)18-5-4-17-9/h4-5,7-8H,1-3,6H2,(H2,16,18)(H,19,20)/t7-,8+/m1/s1. The van der Waals surface area contributed by atoms with E-state index in [9.17, 15) is 18.0 Å². The molecule has 0 aromatic carbocycles. The van der Waals surface area contributed by atoms with Gasteiger partial charge in [0.15, 0.2) is 11.5 Å². The number of halogens is 3. The van der Waals surface area contributed by atoms with E-state index in [0.29, 0.717) is 12.8 Å². The van der Waals surface area contributed by atoms with Gasteiger partial charge in [-0.1, -0.05) is 6.42 Å². The van der Waals surface area contributed by atoms with Gasteiger partial charge >= 0.3 is 6.18 Å². The lowest BCUT2D eigenvalue weighted by atomic mass is 9.85. The molecule has 1 fully saturated rings. The van der Waals surface area contributed by atoms with E-state index in [0.717, 1.165) is 0 Å². The van der Waals surface area contributed by atoms with Crippen molar-refractivity contribution in [3.05, 3.63) is 18.1 Å². The molecule has 2 atom stereocenters. The Morgan fingerprint density at radius 3 is 2.65 bits per heavy atom. The van der Waals surface area contributed by atoms with Gasteiger partial charge in [-0.15, -0.1) is 0 Å². The lowest BCUT2D eigenvalue weighted by Crippen LogP contribution is -2.42. The smallest absolute Gasteiger partial charge is 0.382 e. The van der Waals surface area contributed by atoms with Crippen molar-refractivity contribution in [3.63, 3.8) is 0 Å². The number of amides is 1. The molecule has 0 bridgehead atoms. The predicted octanol–water partition coefficient (Wildman–Crippen LogP) is 1.91. The summed E-state index contributed by atoms with van der Waals surface area (Å²) in [5, 5.41) is 2.56. The largest absolute Gasteiger partial charge is 0.391 e. The summed E-state index contributed by atoms with van der Waals surface area (Å²) in [6, 6.07) is -0.510. The number of alkyl halides is 3. The first-order valence-electron chi connectivity index (χ1n) is 6.32. The fourth-order valence-electron chi connectivity index (χ4n) is 2.40. The zero-order valence-corrected chi connectivity index (χ0v) is 10.7. The van der Waals surface area contributed by atoms with E-state index >= 15 is 0 Å². The number of nitrogens with zero attached hydrogens (tertiary/aromatic N) is 2. The van der Waals surface area contributed by atoms with Gasteiger partial charge in [-0.05, 0) is 19.3 Å². The molecule has 2 rings (SSSR count). The molecule has 0 radical (unpaired) electrons. The minimum absolute atomic E-state index is 0.0341. The van der Waals surface area contributed by atoms with Gasteiger partial charge in [-0.2, -0.15) is 13.2 Å². The van der Waals surface area contributed by atoms with E-state index < -0.39 is 24.0 Å². The highest BCUT2D eigenvalue weighted by molar-refractivity contribution is 5.96. The molecule has 1 saturated carbocycles. The molecule has 1 heterocycles. The van der Waals surface area contributed by atoms with Crippen LogP contribution in [0.4, 0.5) is 19.0 Å². The maximum atomic E-state index is 12.7. The average Bonchev–Trinajstić information content (AvgIpc) is 2.38. The number of nitrogens with two attached hydrogens (primary N) is 1. The lowest BCUT2D eigenvalue weighted by molar-refractivity contribution is -0.183. The Bertz CT molecular complexity index is 492. The Labute approximate surface area is 113 Å². The van der Waals surface area contributed by atoms with Crippen LogP contribution in [0.2, 0.25) is 0 Å². The topological polar surface area (TPSA) is 80.9 Å². The number of hydrogen-bond acceptors (Lipinski definition) is 4. The summed E-state index contributed by atoms with van der Waals surface area (Å²) in [7, 11) is 0. The van der Waals surface area contributed by atoms with Crippen molar-refractivity contribution in [1.82, 2.24) is 15.3 Å². The molecule has 0 saturated heterocycles. The monoisotopic (exact) mass is 288 g/mol. The van der Waals surface area contributed by atoms with Crippen LogP contribution in [-0.4, -0.2) is 28.1 Å². The van der Waals surface area contributed by atoms with E-state index in [1.54, 1.807) is 0 Å². The van der Waals surface area contributed by atoms with Gasteiger partial charge in [0.05, 0.1) is 5.92 Å². The van der Waals surface area contributed by atoms with Gasteiger partial charge in [0, 0.05) is 18.4 Å². The Morgan fingerprint density at radius 1 is 1.30 bits per heavy atom. The van der Waals surface area contributed by atoms with Crippen molar-refractivity contribution in [1.29, 1.82) is 0 Å². The van der Waals surface area contributed by atoms with Crippen LogP contribution in [0.3, 0.4) is 0 Å². The van der Waals surface area contributed by atoms with Crippen LogP contribution in [0.5, 0.6) is 0 Å². The average molecular weight is 288 g/mol. The first-order valence-corrected chi connectivity index (χ1v) is 6.32. The second-order valence-electron chi connectivity index (χ2n) is 4.87. The Morgan fingerprint density at radius 2 is 2.00 bits per heavy atom. The fourth-order valence-corrected chi connectivity index (χ4v) is 2.40. The number of nitrogens with one attached hydrogen (secondary N) is 1. The molecule has 0 aliphatic heterocycles. The zero-order chi connectivity index (χ0) is 14.8. The summed E-state index contributed by atoms with van der Waals surface area (Å²) in [4.78, 5) is 19.4. The van der Waals surface area contributed by atoms with Crippen LogP contribution in [0, 0.1) is 5.92 Å². The summed E-state index contributed by atoms with van der Waals surface area (Å²) in [5.41, 5.74) is 5.45. The van der Waals surface area contributed by atoms with Gasteiger partial charge in [0.25, 0.3) is 5.91 Å². The lowest BCUT2D eigenvalue weighted by Gasteiger charge is -2.30. The van der Waals surface area contributed by atoms with Gasteiger partial charge in [-0.3, -0.25) is 4.79 Å². The van der Waals surface area contributed by atoms with Crippen LogP contribution < -0.4 is 11.1 Å². The molecule has 3 N–H and O–H groups in total. The molecular weight excluding hydrogens is 273 g/mol. The van der Waals surface area contributed by atoms with Crippen molar-refractivity contribution in [2.24, 2.45) is 5.92 Å². The van der Waals surface area contributed by atoms with Crippen molar-refractivity contribution >= 4 is 11.7 Å². The SMILES string of the molecule is Nc1nccnc1C(=O)N[C@H]1CCC[C@@H](C(F)(F)F)C1. The van der Waals surface area contributed by atoms with Crippen LogP contribution in [0.25, 0.3) is 0 Å².